The monoisotopic (exact) mass is 491 g/mol. The van der Waals surface area contributed by atoms with E-state index in [1.54, 1.807) is 29.2 Å². The molecule has 33 heavy (non-hydrogen) atoms. The maximum absolute atomic E-state index is 13.2. The third-order valence-corrected chi connectivity index (χ3v) is 7.43. The van der Waals surface area contributed by atoms with E-state index in [-0.39, 0.29) is 32.8 Å². The Kier molecular flexibility index (Phi) is 6.44. The summed E-state index contributed by atoms with van der Waals surface area (Å²) < 4.78 is 37.2. The molecule has 0 spiro atoms. The molecule has 1 aromatic heterocycles. The van der Waals surface area contributed by atoms with E-state index in [9.17, 15) is 18.0 Å². The highest BCUT2D eigenvalue weighted by atomic mass is 35.5. The number of hydrogen-bond acceptors (Lipinski definition) is 6. The summed E-state index contributed by atoms with van der Waals surface area (Å²) in [6, 6.07) is 10.8. The Bertz CT molecular complexity index is 1330. The van der Waals surface area contributed by atoms with Crippen LogP contribution >= 0.6 is 11.6 Å². The zero-order valence-corrected chi connectivity index (χ0v) is 19.6. The van der Waals surface area contributed by atoms with Gasteiger partial charge in [0.25, 0.3) is 11.8 Å². The number of carbonyl (C=O) groups is 2. The molecule has 1 aliphatic rings. The summed E-state index contributed by atoms with van der Waals surface area (Å²) in [6.45, 7) is 1.63. The lowest BCUT2D eigenvalue weighted by molar-refractivity contribution is 0.0285. The van der Waals surface area contributed by atoms with Gasteiger partial charge in [0.1, 0.15) is 11.3 Å². The smallest absolute Gasteiger partial charge is 0.291 e. The third-order valence-electron chi connectivity index (χ3n) is 5.29. The minimum absolute atomic E-state index is 0.0142. The molecule has 0 bridgehead atoms. The number of ether oxygens (including phenoxy) is 1. The van der Waals surface area contributed by atoms with Gasteiger partial charge in [0, 0.05) is 32.6 Å². The molecule has 2 aromatic carbocycles. The van der Waals surface area contributed by atoms with Crippen LogP contribution in [0.4, 0.5) is 5.69 Å². The summed E-state index contributed by atoms with van der Waals surface area (Å²) in [5, 5.41) is 3.32. The number of morpholine rings is 1. The normalized spacial score (nSPS) is 14.6. The predicted molar refractivity (Wildman–Crippen MR) is 123 cm³/mol. The average Bonchev–Trinajstić information content (AvgIpc) is 3.17. The summed E-state index contributed by atoms with van der Waals surface area (Å²) in [6.07, 6.45) is 0. The Morgan fingerprint density at radius 2 is 1.79 bits per heavy atom. The summed E-state index contributed by atoms with van der Waals surface area (Å²) in [7, 11) is -0.992. The van der Waals surface area contributed by atoms with Crippen LogP contribution in [-0.2, 0) is 14.8 Å². The van der Waals surface area contributed by atoms with Crippen molar-refractivity contribution in [1.82, 2.24) is 9.21 Å². The molecule has 2 heterocycles. The standard InChI is InChI=1S/C22H22ClN3O6S/c1-25(2)33(29,30)14-7-8-17(23)16(13-14)21(27)24-19-15-5-3-4-6-18(15)32-20(19)22(28)26-9-11-31-12-10-26/h3-8,13H,9-12H2,1-2H3,(H,24,27). The van der Waals surface area contributed by atoms with E-state index < -0.39 is 15.9 Å². The van der Waals surface area contributed by atoms with Crippen LogP contribution in [-0.4, -0.2) is 69.8 Å². The van der Waals surface area contributed by atoms with Crippen LogP contribution in [0.5, 0.6) is 0 Å². The molecule has 1 N–H and O–H groups in total. The van der Waals surface area contributed by atoms with E-state index in [1.807, 2.05) is 0 Å². The van der Waals surface area contributed by atoms with Gasteiger partial charge in [-0.05, 0) is 30.3 Å². The van der Waals surface area contributed by atoms with Crippen LogP contribution in [0.2, 0.25) is 5.02 Å². The second-order valence-corrected chi connectivity index (χ2v) is 10.1. The van der Waals surface area contributed by atoms with Gasteiger partial charge in [0.05, 0.1) is 28.7 Å². The van der Waals surface area contributed by atoms with Crippen LogP contribution in [0.15, 0.2) is 51.8 Å². The molecule has 9 nitrogen and oxygen atoms in total. The number of anilines is 1. The van der Waals surface area contributed by atoms with Crippen molar-refractivity contribution in [2.45, 2.75) is 4.90 Å². The molecule has 1 fully saturated rings. The Balaban J connectivity index is 1.74. The van der Waals surface area contributed by atoms with E-state index >= 15 is 0 Å². The van der Waals surface area contributed by atoms with Gasteiger partial charge in [-0.25, -0.2) is 12.7 Å². The number of carbonyl (C=O) groups excluding carboxylic acids is 2. The molecule has 0 unspecified atom stereocenters. The fourth-order valence-corrected chi connectivity index (χ4v) is 4.59. The predicted octanol–water partition coefficient (Wildman–Crippen LogP) is 3.06. The minimum atomic E-state index is -3.78. The summed E-state index contributed by atoms with van der Waals surface area (Å²) in [4.78, 5) is 27.8. The van der Waals surface area contributed by atoms with E-state index in [0.717, 1.165) is 4.31 Å². The van der Waals surface area contributed by atoms with Gasteiger partial charge in [0.15, 0.2) is 0 Å². The van der Waals surface area contributed by atoms with Gasteiger partial charge >= 0.3 is 0 Å². The van der Waals surface area contributed by atoms with Gasteiger partial charge in [-0.1, -0.05) is 23.7 Å². The summed E-state index contributed by atoms with van der Waals surface area (Å²) in [5.74, 6) is -1.06. The van der Waals surface area contributed by atoms with E-state index in [2.05, 4.69) is 5.32 Å². The number of nitrogens with one attached hydrogen (secondary N) is 1. The molecule has 4 rings (SSSR count). The number of amides is 2. The van der Waals surface area contributed by atoms with Gasteiger partial charge in [-0.3, -0.25) is 9.59 Å². The molecule has 0 saturated carbocycles. The molecule has 0 atom stereocenters. The van der Waals surface area contributed by atoms with Crippen molar-refractivity contribution < 1.29 is 27.2 Å². The number of hydrogen-bond donors (Lipinski definition) is 1. The number of benzene rings is 2. The van der Waals surface area contributed by atoms with Crippen LogP contribution in [0.25, 0.3) is 11.0 Å². The molecule has 0 radical (unpaired) electrons. The Labute approximate surface area is 195 Å². The largest absolute Gasteiger partial charge is 0.449 e. The third kappa shape index (κ3) is 4.47. The molecule has 2 amide bonds. The SMILES string of the molecule is CN(C)S(=O)(=O)c1ccc(Cl)c(C(=O)Nc2c(C(=O)N3CCOCC3)oc3ccccc23)c1. The van der Waals surface area contributed by atoms with Gasteiger partial charge in [-0.2, -0.15) is 0 Å². The second kappa shape index (κ2) is 9.14. The first-order chi connectivity index (χ1) is 15.7. The first-order valence-electron chi connectivity index (χ1n) is 10.1. The van der Waals surface area contributed by atoms with Crippen LogP contribution in [0, 0.1) is 0 Å². The van der Waals surface area contributed by atoms with Crippen molar-refractivity contribution in [3.8, 4) is 0 Å². The molecule has 174 valence electrons. The zero-order chi connectivity index (χ0) is 23.8. The number of rotatable bonds is 5. The molecular weight excluding hydrogens is 470 g/mol. The number of halogens is 1. The topological polar surface area (TPSA) is 109 Å². The quantitative estimate of drug-likeness (QED) is 0.587. The number of fused-ring (bicyclic) bond motifs is 1. The molecule has 0 aliphatic carbocycles. The lowest BCUT2D eigenvalue weighted by Crippen LogP contribution is -2.40. The zero-order valence-electron chi connectivity index (χ0n) is 18.0. The van der Waals surface area contributed by atoms with Crippen LogP contribution in [0.3, 0.4) is 0 Å². The van der Waals surface area contributed by atoms with Crippen molar-refractivity contribution in [2.24, 2.45) is 0 Å². The fraction of sp³-hybridized carbons (Fsp3) is 0.273. The van der Waals surface area contributed by atoms with Crippen molar-refractivity contribution in [1.29, 1.82) is 0 Å². The van der Waals surface area contributed by atoms with Gasteiger partial charge in [0.2, 0.25) is 15.8 Å². The summed E-state index contributed by atoms with van der Waals surface area (Å²) >= 11 is 6.22. The van der Waals surface area contributed by atoms with Crippen LogP contribution in [0.1, 0.15) is 20.9 Å². The fourth-order valence-electron chi connectivity index (χ4n) is 3.46. The minimum Gasteiger partial charge on any atom is -0.449 e. The van der Waals surface area contributed by atoms with E-state index in [1.165, 1.54) is 32.3 Å². The van der Waals surface area contributed by atoms with Crippen LogP contribution < -0.4 is 5.32 Å². The average molecular weight is 492 g/mol. The van der Waals surface area contributed by atoms with Crippen molar-refractivity contribution in [3.05, 3.63) is 58.8 Å². The van der Waals surface area contributed by atoms with Crippen molar-refractivity contribution >= 4 is 50.1 Å². The lowest BCUT2D eigenvalue weighted by atomic mass is 10.1. The number of para-hydroxylation sites is 1. The Morgan fingerprint density at radius 3 is 2.48 bits per heavy atom. The number of nitrogens with zero attached hydrogens (tertiary/aromatic N) is 2. The highest BCUT2D eigenvalue weighted by Gasteiger charge is 2.28. The van der Waals surface area contributed by atoms with E-state index in [4.69, 9.17) is 20.8 Å². The lowest BCUT2D eigenvalue weighted by Gasteiger charge is -2.26. The number of furan rings is 1. The Morgan fingerprint density at radius 1 is 1.09 bits per heavy atom. The molecular formula is C22H22ClN3O6S. The number of sulfonamides is 1. The second-order valence-electron chi connectivity index (χ2n) is 7.59. The van der Waals surface area contributed by atoms with Crippen molar-refractivity contribution in [2.75, 3.05) is 45.7 Å². The molecule has 1 aliphatic heterocycles. The molecule has 11 heteroatoms. The molecule has 1 saturated heterocycles. The van der Waals surface area contributed by atoms with Crippen molar-refractivity contribution in [3.63, 3.8) is 0 Å². The maximum Gasteiger partial charge on any atom is 0.291 e. The van der Waals surface area contributed by atoms with Gasteiger partial charge in [-0.15, -0.1) is 0 Å². The first kappa shape index (κ1) is 23.2. The summed E-state index contributed by atoms with van der Waals surface area (Å²) in [5.41, 5.74) is 0.582. The highest BCUT2D eigenvalue weighted by Crippen LogP contribution is 2.33. The first-order valence-corrected chi connectivity index (χ1v) is 11.9. The van der Waals surface area contributed by atoms with Gasteiger partial charge < -0.3 is 19.4 Å². The maximum atomic E-state index is 13.2. The van der Waals surface area contributed by atoms with E-state index in [0.29, 0.717) is 37.3 Å². The highest BCUT2D eigenvalue weighted by molar-refractivity contribution is 7.89. The Hall–Kier alpha value is -2.92. The molecule has 3 aromatic rings.